The van der Waals surface area contributed by atoms with Crippen molar-refractivity contribution in [1.29, 1.82) is 0 Å². The summed E-state index contributed by atoms with van der Waals surface area (Å²) in [4.78, 5) is 29.6. The third-order valence-corrected chi connectivity index (χ3v) is 4.33. The zero-order chi connectivity index (χ0) is 14.7. The molecular weight excluding hydrogens is 280 g/mol. The van der Waals surface area contributed by atoms with Gasteiger partial charge in [0.05, 0.1) is 19.3 Å². The molecule has 1 aromatic rings. The molecule has 1 saturated heterocycles. The maximum atomic E-state index is 12.4. The summed E-state index contributed by atoms with van der Waals surface area (Å²) in [6, 6.07) is -0.171. The van der Waals surface area contributed by atoms with Gasteiger partial charge in [0, 0.05) is 11.9 Å². The predicted molar refractivity (Wildman–Crippen MR) is 73.8 cm³/mol. The fourth-order valence-corrected chi connectivity index (χ4v) is 3.03. The van der Waals surface area contributed by atoms with Crippen molar-refractivity contribution >= 4 is 23.2 Å². The van der Waals surface area contributed by atoms with Crippen molar-refractivity contribution < 1.29 is 19.4 Å². The summed E-state index contributed by atoms with van der Waals surface area (Å²) in [7, 11) is 0. The number of thiazole rings is 1. The van der Waals surface area contributed by atoms with Crippen LogP contribution in [0.25, 0.3) is 0 Å². The Hall–Kier alpha value is -1.47. The third kappa shape index (κ3) is 2.83. The predicted octanol–water partition coefficient (Wildman–Crippen LogP) is 1.16. The molecule has 1 N–H and O–H groups in total. The number of rotatable bonds is 4. The smallest absolute Gasteiger partial charge is 0.367 e. The number of aromatic nitrogens is 1. The summed E-state index contributed by atoms with van der Waals surface area (Å²) < 4.78 is 4.85. The van der Waals surface area contributed by atoms with E-state index in [1.54, 1.807) is 17.2 Å². The van der Waals surface area contributed by atoms with Gasteiger partial charge in [-0.2, -0.15) is 0 Å². The third-order valence-electron chi connectivity index (χ3n) is 3.50. The monoisotopic (exact) mass is 298 g/mol. The maximum absolute atomic E-state index is 12.4. The number of carbonyl (C=O) groups excluding carboxylic acids is 2. The molecule has 110 valence electrons. The van der Waals surface area contributed by atoms with Crippen molar-refractivity contribution in [2.24, 2.45) is 5.92 Å². The Morgan fingerprint density at radius 1 is 1.60 bits per heavy atom. The summed E-state index contributed by atoms with van der Waals surface area (Å²) in [5, 5.41) is 11.1. The second-order valence-electron chi connectivity index (χ2n) is 4.77. The molecule has 1 amide bonds. The normalized spacial score (nSPS) is 22.1. The summed E-state index contributed by atoms with van der Waals surface area (Å²) in [6.45, 7) is 4.56. The molecule has 0 bridgehead atoms. The zero-order valence-electron chi connectivity index (χ0n) is 11.5. The number of nitrogens with zero attached hydrogens (tertiary/aromatic N) is 2. The summed E-state index contributed by atoms with van der Waals surface area (Å²) in [6.07, 6.45) is 0.867. The fraction of sp³-hybridized carbons (Fsp3) is 0.615. The van der Waals surface area contributed by atoms with E-state index in [-0.39, 0.29) is 41.8 Å². The first-order chi connectivity index (χ1) is 9.58. The molecule has 1 fully saturated rings. The van der Waals surface area contributed by atoms with Crippen LogP contribution in [0.15, 0.2) is 5.38 Å². The lowest BCUT2D eigenvalue weighted by atomic mass is 10.0. The van der Waals surface area contributed by atoms with Gasteiger partial charge in [-0.05, 0) is 19.3 Å². The van der Waals surface area contributed by atoms with E-state index in [1.165, 1.54) is 0 Å². The van der Waals surface area contributed by atoms with E-state index in [9.17, 15) is 14.7 Å². The minimum absolute atomic E-state index is 0.0538. The number of esters is 1. The van der Waals surface area contributed by atoms with E-state index in [0.717, 1.165) is 17.8 Å². The van der Waals surface area contributed by atoms with Gasteiger partial charge in [-0.3, -0.25) is 4.79 Å². The van der Waals surface area contributed by atoms with Crippen LogP contribution in [0.4, 0.5) is 0 Å². The van der Waals surface area contributed by atoms with Crippen molar-refractivity contribution in [3.05, 3.63) is 16.1 Å². The van der Waals surface area contributed by atoms with Crippen LogP contribution in [0, 0.1) is 5.92 Å². The van der Waals surface area contributed by atoms with Crippen LogP contribution in [0.3, 0.4) is 0 Å². The van der Waals surface area contributed by atoms with Gasteiger partial charge in [-0.15, -0.1) is 11.3 Å². The summed E-state index contributed by atoms with van der Waals surface area (Å²) >= 11 is 1.10. The highest BCUT2D eigenvalue weighted by molar-refractivity contribution is 7.11. The minimum atomic E-state index is -0.509. The lowest BCUT2D eigenvalue weighted by Crippen LogP contribution is -2.40. The van der Waals surface area contributed by atoms with Gasteiger partial charge in [-0.25, -0.2) is 9.78 Å². The number of ether oxygens (including phenoxy) is 1. The SMILES string of the molecule is CCOC(=O)c1nc(C(=O)N2CCC(C)C2CO)cs1. The van der Waals surface area contributed by atoms with Gasteiger partial charge in [0.25, 0.3) is 5.91 Å². The number of hydrogen-bond donors (Lipinski definition) is 1. The van der Waals surface area contributed by atoms with Crippen LogP contribution in [0.5, 0.6) is 0 Å². The van der Waals surface area contributed by atoms with Gasteiger partial charge in [0.1, 0.15) is 5.69 Å². The van der Waals surface area contributed by atoms with Crippen LogP contribution >= 0.6 is 11.3 Å². The lowest BCUT2D eigenvalue weighted by Gasteiger charge is -2.24. The summed E-state index contributed by atoms with van der Waals surface area (Å²) in [5.74, 6) is -0.475. The molecule has 0 saturated carbocycles. The van der Waals surface area contributed by atoms with Crippen molar-refractivity contribution in [3.63, 3.8) is 0 Å². The molecule has 2 heterocycles. The number of carbonyl (C=O) groups is 2. The number of amides is 1. The number of likely N-dealkylation sites (tertiary alicyclic amines) is 1. The molecule has 20 heavy (non-hydrogen) atoms. The first-order valence-electron chi connectivity index (χ1n) is 6.63. The quantitative estimate of drug-likeness (QED) is 0.844. The van der Waals surface area contributed by atoms with Crippen LogP contribution in [-0.2, 0) is 4.74 Å². The molecule has 2 unspecified atom stereocenters. The van der Waals surface area contributed by atoms with E-state index < -0.39 is 5.97 Å². The van der Waals surface area contributed by atoms with Crippen molar-refractivity contribution in [3.8, 4) is 0 Å². The van der Waals surface area contributed by atoms with Gasteiger partial charge < -0.3 is 14.7 Å². The van der Waals surface area contributed by atoms with Crippen LogP contribution < -0.4 is 0 Å². The minimum Gasteiger partial charge on any atom is -0.461 e. The van der Waals surface area contributed by atoms with Gasteiger partial charge in [-0.1, -0.05) is 6.92 Å². The molecule has 1 aliphatic rings. The molecule has 6 nitrogen and oxygen atoms in total. The Morgan fingerprint density at radius 2 is 2.35 bits per heavy atom. The maximum Gasteiger partial charge on any atom is 0.367 e. The molecule has 1 aliphatic heterocycles. The van der Waals surface area contributed by atoms with Gasteiger partial charge in [0.2, 0.25) is 5.01 Å². The van der Waals surface area contributed by atoms with Crippen LogP contribution in [-0.4, -0.2) is 52.7 Å². The largest absolute Gasteiger partial charge is 0.461 e. The first-order valence-corrected chi connectivity index (χ1v) is 7.50. The molecule has 0 spiro atoms. The standard InChI is InChI=1S/C13H18N2O4S/c1-3-19-13(18)11-14-9(7-20-11)12(17)15-5-4-8(2)10(15)6-16/h7-8,10,16H,3-6H2,1-2H3. The average molecular weight is 298 g/mol. The second kappa shape index (κ2) is 6.32. The topological polar surface area (TPSA) is 79.7 Å². The molecular formula is C13H18N2O4S. The highest BCUT2D eigenvalue weighted by Gasteiger charge is 2.35. The fourth-order valence-electron chi connectivity index (χ4n) is 2.34. The molecule has 0 radical (unpaired) electrons. The molecule has 2 atom stereocenters. The number of hydrogen-bond acceptors (Lipinski definition) is 6. The summed E-state index contributed by atoms with van der Waals surface area (Å²) in [5.41, 5.74) is 0.241. The lowest BCUT2D eigenvalue weighted by molar-refractivity contribution is 0.0525. The van der Waals surface area contributed by atoms with Gasteiger partial charge >= 0.3 is 5.97 Å². The van der Waals surface area contributed by atoms with Crippen molar-refractivity contribution in [2.45, 2.75) is 26.3 Å². The van der Waals surface area contributed by atoms with E-state index in [1.807, 2.05) is 6.92 Å². The Bertz CT molecular complexity index is 502. The van der Waals surface area contributed by atoms with Gasteiger partial charge in [0.15, 0.2) is 0 Å². The Morgan fingerprint density at radius 3 is 3.00 bits per heavy atom. The second-order valence-corrected chi connectivity index (χ2v) is 5.63. The highest BCUT2D eigenvalue weighted by atomic mass is 32.1. The molecule has 1 aromatic heterocycles. The van der Waals surface area contributed by atoms with E-state index in [2.05, 4.69) is 4.98 Å². The number of aliphatic hydroxyl groups is 1. The van der Waals surface area contributed by atoms with E-state index >= 15 is 0 Å². The Kier molecular flexibility index (Phi) is 4.72. The molecule has 7 heteroatoms. The zero-order valence-corrected chi connectivity index (χ0v) is 12.4. The van der Waals surface area contributed by atoms with Crippen LogP contribution in [0.2, 0.25) is 0 Å². The Labute approximate surface area is 121 Å². The van der Waals surface area contributed by atoms with E-state index in [4.69, 9.17) is 4.74 Å². The number of aliphatic hydroxyl groups excluding tert-OH is 1. The first kappa shape index (κ1) is 14.9. The molecule has 0 aliphatic carbocycles. The van der Waals surface area contributed by atoms with Crippen molar-refractivity contribution in [2.75, 3.05) is 19.8 Å². The molecule has 0 aromatic carbocycles. The Balaban J connectivity index is 2.12. The highest BCUT2D eigenvalue weighted by Crippen LogP contribution is 2.25. The average Bonchev–Trinajstić information content (AvgIpc) is 3.04. The van der Waals surface area contributed by atoms with Crippen LogP contribution in [0.1, 0.15) is 40.6 Å². The van der Waals surface area contributed by atoms with E-state index in [0.29, 0.717) is 6.54 Å². The molecule has 2 rings (SSSR count). The van der Waals surface area contributed by atoms with Crippen molar-refractivity contribution in [1.82, 2.24) is 9.88 Å².